The molecule has 0 spiro atoms. The van der Waals surface area contributed by atoms with E-state index in [-0.39, 0.29) is 12.2 Å². The van der Waals surface area contributed by atoms with Gasteiger partial charge in [0.1, 0.15) is 6.54 Å². The molecular weight excluding hydrogens is 248 g/mol. The molecular formula is C13H16N2O4. The van der Waals surface area contributed by atoms with E-state index in [4.69, 9.17) is 5.11 Å². The lowest BCUT2D eigenvalue weighted by atomic mass is 10.1. The Bertz CT molecular complexity index is 511. The summed E-state index contributed by atoms with van der Waals surface area (Å²) >= 11 is 0. The molecule has 6 heteroatoms. The minimum absolute atomic E-state index is 0.0606. The third-order valence-electron chi connectivity index (χ3n) is 3.24. The molecule has 0 aliphatic heterocycles. The van der Waals surface area contributed by atoms with Gasteiger partial charge in [-0.1, -0.05) is 0 Å². The minimum Gasteiger partial charge on any atom is -0.480 e. The van der Waals surface area contributed by atoms with Crippen LogP contribution in [0, 0.1) is 23.0 Å². The van der Waals surface area contributed by atoms with Gasteiger partial charge >= 0.3 is 5.97 Å². The number of aryl methyl sites for hydroxylation is 1. The lowest BCUT2D eigenvalue weighted by molar-refractivity contribution is -0.385. The number of rotatable bonds is 6. The number of carboxylic acid groups (broad SMARTS) is 1. The second kappa shape index (κ2) is 5.26. The van der Waals surface area contributed by atoms with Crippen molar-refractivity contribution in [2.24, 2.45) is 5.92 Å². The van der Waals surface area contributed by atoms with Crippen LogP contribution in [0.1, 0.15) is 18.4 Å². The molecule has 19 heavy (non-hydrogen) atoms. The molecule has 0 bridgehead atoms. The fourth-order valence-electron chi connectivity index (χ4n) is 2.08. The van der Waals surface area contributed by atoms with E-state index in [2.05, 4.69) is 0 Å². The van der Waals surface area contributed by atoms with Gasteiger partial charge in [-0.3, -0.25) is 14.9 Å². The standard InChI is InChI=1S/C13H16N2O4/c1-9-6-11(4-5-12(9)15(18)19)14(8-13(16)17)7-10-2-3-10/h4-6,10H,2-3,7-8H2,1H3,(H,16,17). The Labute approximate surface area is 110 Å². The summed E-state index contributed by atoms with van der Waals surface area (Å²) in [6.07, 6.45) is 2.25. The summed E-state index contributed by atoms with van der Waals surface area (Å²) in [7, 11) is 0. The molecule has 0 saturated heterocycles. The predicted octanol–water partition coefficient (Wildman–Crippen LogP) is 2.20. The molecule has 0 radical (unpaired) electrons. The van der Waals surface area contributed by atoms with Gasteiger partial charge in [0, 0.05) is 23.9 Å². The van der Waals surface area contributed by atoms with Crippen LogP contribution < -0.4 is 4.90 Å². The van der Waals surface area contributed by atoms with Crippen LogP contribution in [0.3, 0.4) is 0 Å². The molecule has 0 amide bonds. The van der Waals surface area contributed by atoms with E-state index in [0.29, 0.717) is 18.0 Å². The van der Waals surface area contributed by atoms with Gasteiger partial charge in [0.25, 0.3) is 5.69 Å². The van der Waals surface area contributed by atoms with Crippen LogP contribution in [0.5, 0.6) is 0 Å². The van der Waals surface area contributed by atoms with Crippen molar-refractivity contribution >= 4 is 17.3 Å². The van der Waals surface area contributed by atoms with E-state index in [0.717, 1.165) is 18.5 Å². The quantitative estimate of drug-likeness (QED) is 0.629. The maximum Gasteiger partial charge on any atom is 0.323 e. The minimum atomic E-state index is -0.892. The second-order valence-corrected chi connectivity index (χ2v) is 4.95. The number of aliphatic carboxylic acids is 1. The molecule has 1 N–H and O–H groups in total. The van der Waals surface area contributed by atoms with Crippen molar-refractivity contribution in [2.45, 2.75) is 19.8 Å². The van der Waals surface area contributed by atoms with E-state index in [1.165, 1.54) is 6.07 Å². The first-order valence-electron chi connectivity index (χ1n) is 6.19. The molecule has 1 aromatic rings. The number of nitro groups is 1. The van der Waals surface area contributed by atoms with Crippen LogP contribution in [0.25, 0.3) is 0 Å². The Morgan fingerprint density at radius 3 is 2.68 bits per heavy atom. The van der Waals surface area contributed by atoms with Crippen LogP contribution in [0.2, 0.25) is 0 Å². The summed E-state index contributed by atoms with van der Waals surface area (Å²) in [6, 6.07) is 4.74. The number of benzene rings is 1. The van der Waals surface area contributed by atoms with E-state index in [1.807, 2.05) is 0 Å². The van der Waals surface area contributed by atoms with E-state index < -0.39 is 10.9 Å². The highest BCUT2D eigenvalue weighted by atomic mass is 16.6. The SMILES string of the molecule is Cc1cc(N(CC(=O)O)CC2CC2)ccc1[N+](=O)[O-]. The van der Waals surface area contributed by atoms with Crippen molar-refractivity contribution < 1.29 is 14.8 Å². The average molecular weight is 264 g/mol. The largest absolute Gasteiger partial charge is 0.480 e. The van der Waals surface area contributed by atoms with Gasteiger partial charge in [0.05, 0.1) is 4.92 Å². The van der Waals surface area contributed by atoms with Crippen LogP contribution in [-0.2, 0) is 4.79 Å². The smallest absolute Gasteiger partial charge is 0.323 e. The third-order valence-corrected chi connectivity index (χ3v) is 3.24. The highest BCUT2D eigenvalue weighted by Gasteiger charge is 2.26. The molecule has 0 unspecified atom stereocenters. The zero-order valence-corrected chi connectivity index (χ0v) is 10.7. The van der Waals surface area contributed by atoms with Gasteiger partial charge in [0.2, 0.25) is 0 Å². The average Bonchev–Trinajstić information content (AvgIpc) is 3.10. The summed E-state index contributed by atoms with van der Waals surface area (Å²) in [6.45, 7) is 2.29. The molecule has 0 heterocycles. The molecule has 1 aromatic carbocycles. The normalized spacial score (nSPS) is 14.2. The van der Waals surface area contributed by atoms with Gasteiger partial charge in [-0.05, 0) is 37.8 Å². The highest BCUT2D eigenvalue weighted by Crippen LogP contribution is 2.32. The first kappa shape index (κ1) is 13.3. The molecule has 1 aliphatic rings. The molecule has 0 atom stereocenters. The number of anilines is 1. The van der Waals surface area contributed by atoms with E-state index >= 15 is 0 Å². The number of nitro benzene ring substituents is 1. The topological polar surface area (TPSA) is 83.7 Å². The molecule has 1 saturated carbocycles. The molecule has 1 fully saturated rings. The predicted molar refractivity (Wildman–Crippen MR) is 70.4 cm³/mol. The monoisotopic (exact) mass is 264 g/mol. The second-order valence-electron chi connectivity index (χ2n) is 4.95. The van der Waals surface area contributed by atoms with Crippen LogP contribution in [0.15, 0.2) is 18.2 Å². The summed E-state index contributed by atoms with van der Waals surface area (Å²) < 4.78 is 0. The lowest BCUT2D eigenvalue weighted by Crippen LogP contribution is -2.31. The molecule has 6 nitrogen and oxygen atoms in total. The van der Waals surface area contributed by atoms with E-state index in [1.54, 1.807) is 24.0 Å². The van der Waals surface area contributed by atoms with Crippen molar-refractivity contribution in [2.75, 3.05) is 18.0 Å². The van der Waals surface area contributed by atoms with Crippen LogP contribution in [0.4, 0.5) is 11.4 Å². The Morgan fingerprint density at radius 1 is 1.53 bits per heavy atom. The number of carboxylic acids is 1. The van der Waals surface area contributed by atoms with Gasteiger partial charge in [0.15, 0.2) is 0 Å². The van der Waals surface area contributed by atoms with Crippen LogP contribution >= 0.6 is 0 Å². The van der Waals surface area contributed by atoms with Gasteiger partial charge in [-0.2, -0.15) is 0 Å². The summed E-state index contributed by atoms with van der Waals surface area (Å²) in [5.74, 6) is -0.341. The van der Waals surface area contributed by atoms with Gasteiger partial charge in [-0.25, -0.2) is 0 Å². The third kappa shape index (κ3) is 3.43. The fourth-order valence-corrected chi connectivity index (χ4v) is 2.08. The zero-order valence-electron chi connectivity index (χ0n) is 10.7. The lowest BCUT2D eigenvalue weighted by Gasteiger charge is -2.23. The fraction of sp³-hybridized carbons (Fsp3) is 0.462. The van der Waals surface area contributed by atoms with Gasteiger partial charge < -0.3 is 10.0 Å². The Morgan fingerprint density at radius 2 is 2.21 bits per heavy atom. The summed E-state index contributed by atoms with van der Waals surface area (Å²) in [5, 5.41) is 19.7. The number of carbonyl (C=O) groups is 1. The molecule has 1 aliphatic carbocycles. The Kier molecular flexibility index (Phi) is 3.69. The number of nitrogens with zero attached hydrogens (tertiary/aromatic N) is 2. The van der Waals surface area contributed by atoms with E-state index in [9.17, 15) is 14.9 Å². The highest BCUT2D eigenvalue weighted by molar-refractivity contribution is 5.74. The van der Waals surface area contributed by atoms with Gasteiger partial charge in [-0.15, -0.1) is 0 Å². The van der Waals surface area contributed by atoms with Crippen molar-refractivity contribution in [1.82, 2.24) is 0 Å². The van der Waals surface area contributed by atoms with Crippen molar-refractivity contribution in [3.8, 4) is 0 Å². The zero-order chi connectivity index (χ0) is 14.0. The number of hydrogen-bond donors (Lipinski definition) is 1. The maximum atomic E-state index is 10.9. The molecule has 0 aromatic heterocycles. The molecule has 2 rings (SSSR count). The van der Waals surface area contributed by atoms with Crippen molar-refractivity contribution in [3.05, 3.63) is 33.9 Å². The summed E-state index contributed by atoms with van der Waals surface area (Å²) in [4.78, 5) is 23.0. The van der Waals surface area contributed by atoms with Crippen molar-refractivity contribution in [1.29, 1.82) is 0 Å². The first-order valence-corrected chi connectivity index (χ1v) is 6.19. The Hall–Kier alpha value is -2.11. The summed E-state index contributed by atoms with van der Waals surface area (Å²) in [5.41, 5.74) is 1.34. The van der Waals surface area contributed by atoms with Crippen molar-refractivity contribution in [3.63, 3.8) is 0 Å². The molecule has 102 valence electrons. The first-order chi connectivity index (χ1) is 8.97. The Balaban J connectivity index is 2.22. The van der Waals surface area contributed by atoms with Crippen LogP contribution in [-0.4, -0.2) is 29.1 Å². The number of hydrogen-bond acceptors (Lipinski definition) is 4. The maximum absolute atomic E-state index is 10.9.